The third-order valence-corrected chi connectivity index (χ3v) is 6.02. The first kappa shape index (κ1) is 19.6. The van der Waals surface area contributed by atoms with Crippen molar-refractivity contribution in [2.75, 3.05) is 32.4 Å². The molecular weight excluding hydrogens is 408 g/mol. The van der Waals surface area contributed by atoms with Gasteiger partial charge in [-0.05, 0) is 18.2 Å². The molecule has 0 aliphatic heterocycles. The Morgan fingerprint density at radius 1 is 1.15 bits per heavy atom. The maximum absolute atomic E-state index is 12.3. The number of amides is 1. The van der Waals surface area contributed by atoms with Gasteiger partial charge in [-0.25, -0.2) is 4.98 Å². The minimum atomic E-state index is -0.161. The van der Waals surface area contributed by atoms with Crippen molar-refractivity contribution in [2.45, 2.75) is 4.34 Å². The molecule has 142 valence electrons. The van der Waals surface area contributed by atoms with Gasteiger partial charge >= 0.3 is 0 Å². The van der Waals surface area contributed by atoms with Crippen LogP contribution in [0.25, 0.3) is 10.2 Å². The van der Waals surface area contributed by atoms with Gasteiger partial charge in [-0.1, -0.05) is 23.4 Å². The molecule has 0 bridgehead atoms. The lowest BCUT2D eigenvalue weighted by Crippen LogP contribution is -2.14. The van der Waals surface area contributed by atoms with Crippen LogP contribution in [0.2, 0.25) is 5.02 Å². The van der Waals surface area contributed by atoms with Crippen LogP contribution in [0.5, 0.6) is 17.2 Å². The summed E-state index contributed by atoms with van der Waals surface area (Å²) < 4.78 is 17.7. The average Bonchev–Trinajstić information content (AvgIpc) is 3.07. The molecule has 1 amide bonds. The molecule has 0 unspecified atom stereocenters. The summed E-state index contributed by atoms with van der Waals surface area (Å²) in [7, 11) is 4.58. The molecule has 27 heavy (non-hydrogen) atoms. The summed E-state index contributed by atoms with van der Waals surface area (Å²) in [5, 5.41) is 3.48. The monoisotopic (exact) mass is 424 g/mol. The van der Waals surface area contributed by atoms with Crippen LogP contribution in [-0.4, -0.2) is 38.0 Å². The van der Waals surface area contributed by atoms with E-state index < -0.39 is 0 Å². The largest absolute Gasteiger partial charge is 0.493 e. The standard InChI is InChI=1S/C18H17ClN2O4S2/c1-23-13-7-11(8-14(24-2)17(13)25-3)20-16(22)9-26-18-21-12-6-10(19)4-5-15(12)27-18/h4-8H,9H2,1-3H3,(H,20,22). The summed E-state index contributed by atoms with van der Waals surface area (Å²) in [6.45, 7) is 0. The SMILES string of the molecule is COc1cc(NC(=O)CSc2nc3cc(Cl)ccc3s2)cc(OC)c1OC. The Bertz CT molecular complexity index is 952. The minimum absolute atomic E-state index is 0.161. The second-order valence-electron chi connectivity index (χ2n) is 5.34. The van der Waals surface area contributed by atoms with Crippen LogP contribution in [-0.2, 0) is 4.79 Å². The van der Waals surface area contributed by atoms with Crippen molar-refractivity contribution in [2.24, 2.45) is 0 Å². The molecule has 6 nitrogen and oxygen atoms in total. The lowest BCUT2D eigenvalue weighted by Gasteiger charge is -2.14. The van der Waals surface area contributed by atoms with Gasteiger partial charge in [0, 0.05) is 22.8 Å². The molecule has 0 saturated carbocycles. The van der Waals surface area contributed by atoms with E-state index in [-0.39, 0.29) is 11.7 Å². The van der Waals surface area contributed by atoms with Crippen molar-refractivity contribution in [3.8, 4) is 17.2 Å². The predicted molar refractivity (Wildman–Crippen MR) is 110 cm³/mol. The maximum atomic E-state index is 12.3. The third kappa shape index (κ3) is 4.58. The topological polar surface area (TPSA) is 69.7 Å². The number of thiazole rings is 1. The zero-order valence-corrected chi connectivity index (χ0v) is 17.3. The summed E-state index contributed by atoms with van der Waals surface area (Å²) in [5.41, 5.74) is 1.39. The highest BCUT2D eigenvalue weighted by Crippen LogP contribution is 2.40. The number of nitrogens with one attached hydrogen (secondary N) is 1. The normalized spacial score (nSPS) is 10.7. The highest BCUT2D eigenvalue weighted by molar-refractivity contribution is 8.01. The summed E-state index contributed by atoms with van der Waals surface area (Å²) in [5.74, 6) is 1.49. The van der Waals surface area contributed by atoms with Gasteiger partial charge in [0.2, 0.25) is 11.7 Å². The van der Waals surface area contributed by atoms with Crippen molar-refractivity contribution < 1.29 is 19.0 Å². The Morgan fingerprint density at radius 2 is 1.85 bits per heavy atom. The lowest BCUT2D eigenvalue weighted by atomic mass is 10.2. The Labute approximate surface area is 169 Å². The zero-order chi connectivity index (χ0) is 19.4. The molecule has 0 aliphatic rings. The van der Waals surface area contributed by atoms with Gasteiger partial charge in [-0.15, -0.1) is 11.3 Å². The summed E-state index contributed by atoms with van der Waals surface area (Å²) in [4.78, 5) is 16.8. The van der Waals surface area contributed by atoms with Gasteiger partial charge in [0.05, 0.1) is 37.3 Å². The van der Waals surface area contributed by atoms with Gasteiger partial charge in [-0.2, -0.15) is 0 Å². The van der Waals surface area contributed by atoms with Crippen molar-refractivity contribution in [1.29, 1.82) is 0 Å². The number of fused-ring (bicyclic) bond motifs is 1. The van der Waals surface area contributed by atoms with Crippen molar-refractivity contribution in [1.82, 2.24) is 4.98 Å². The number of carbonyl (C=O) groups is 1. The number of thioether (sulfide) groups is 1. The quantitative estimate of drug-likeness (QED) is 0.554. The van der Waals surface area contributed by atoms with E-state index in [1.807, 2.05) is 18.2 Å². The molecule has 1 heterocycles. The number of rotatable bonds is 7. The first-order valence-corrected chi connectivity index (χ1v) is 10.0. The molecule has 1 aromatic heterocycles. The van der Waals surface area contributed by atoms with E-state index in [0.717, 1.165) is 14.6 Å². The predicted octanol–water partition coefficient (Wildman–Crippen LogP) is 4.71. The number of aromatic nitrogens is 1. The van der Waals surface area contributed by atoms with Gasteiger partial charge in [-0.3, -0.25) is 4.79 Å². The van der Waals surface area contributed by atoms with Crippen molar-refractivity contribution in [3.63, 3.8) is 0 Å². The number of ether oxygens (including phenoxy) is 3. The van der Waals surface area contributed by atoms with Crippen LogP contribution in [0.1, 0.15) is 0 Å². The van der Waals surface area contributed by atoms with E-state index >= 15 is 0 Å². The first-order chi connectivity index (χ1) is 13.0. The van der Waals surface area contributed by atoms with Gasteiger partial charge in [0.15, 0.2) is 15.8 Å². The molecule has 0 spiro atoms. The Hall–Kier alpha value is -2.16. The zero-order valence-electron chi connectivity index (χ0n) is 14.9. The molecule has 9 heteroatoms. The minimum Gasteiger partial charge on any atom is -0.493 e. The van der Waals surface area contributed by atoms with Crippen LogP contribution in [0.15, 0.2) is 34.7 Å². The van der Waals surface area contributed by atoms with Gasteiger partial charge in [0.1, 0.15) is 0 Å². The van der Waals surface area contributed by atoms with E-state index in [1.165, 1.54) is 44.4 Å². The summed E-state index contributed by atoms with van der Waals surface area (Å²) in [6.07, 6.45) is 0. The van der Waals surface area contributed by atoms with Crippen LogP contribution in [0.4, 0.5) is 5.69 Å². The third-order valence-electron chi connectivity index (χ3n) is 3.61. The van der Waals surface area contributed by atoms with Gasteiger partial charge < -0.3 is 19.5 Å². The Morgan fingerprint density at radius 3 is 2.48 bits per heavy atom. The molecule has 3 rings (SSSR count). The van der Waals surface area contributed by atoms with Crippen LogP contribution in [0.3, 0.4) is 0 Å². The fourth-order valence-electron chi connectivity index (χ4n) is 2.42. The van der Waals surface area contributed by atoms with Crippen LogP contribution >= 0.6 is 34.7 Å². The molecule has 0 saturated heterocycles. The summed E-state index contributed by atoms with van der Waals surface area (Å²) >= 11 is 8.88. The molecular formula is C18H17ClN2O4S2. The molecule has 2 aromatic carbocycles. The highest BCUT2D eigenvalue weighted by Gasteiger charge is 2.15. The fourth-order valence-corrected chi connectivity index (χ4v) is 4.43. The second-order valence-corrected chi connectivity index (χ2v) is 8.03. The van der Waals surface area contributed by atoms with E-state index in [9.17, 15) is 4.79 Å². The van der Waals surface area contributed by atoms with Crippen LogP contribution < -0.4 is 19.5 Å². The fraction of sp³-hybridized carbons (Fsp3) is 0.222. The van der Waals surface area contributed by atoms with Gasteiger partial charge in [0.25, 0.3) is 0 Å². The highest BCUT2D eigenvalue weighted by atomic mass is 35.5. The lowest BCUT2D eigenvalue weighted by molar-refractivity contribution is -0.113. The number of hydrogen-bond donors (Lipinski definition) is 1. The second kappa shape index (κ2) is 8.69. The average molecular weight is 425 g/mol. The molecule has 0 radical (unpaired) electrons. The number of benzene rings is 2. The van der Waals surface area contributed by atoms with E-state index in [0.29, 0.717) is 28.0 Å². The van der Waals surface area contributed by atoms with Crippen molar-refractivity contribution in [3.05, 3.63) is 35.4 Å². The molecule has 0 atom stereocenters. The van der Waals surface area contributed by atoms with E-state index in [2.05, 4.69) is 10.3 Å². The smallest absolute Gasteiger partial charge is 0.234 e. The Balaban J connectivity index is 1.68. The molecule has 1 N–H and O–H groups in total. The number of anilines is 1. The number of methoxy groups -OCH3 is 3. The molecule has 0 aliphatic carbocycles. The summed E-state index contributed by atoms with van der Waals surface area (Å²) in [6, 6.07) is 8.93. The van der Waals surface area contributed by atoms with Crippen LogP contribution in [0, 0.1) is 0 Å². The number of carbonyl (C=O) groups excluding carboxylic acids is 1. The first-order valence-electron chi connectivity index (χ1n) is 7.82. The van der Waals surface area contributed by atoms with Crippen molar-refractivity contribution >= 4 is 56.5 Å². The number of halogens is 1. The Kier molecular flexibility index (Phi) is 6.30. The molecule has 3 aromatic rings. The maximum Gasteiger partial charge on any atom is 0.234 e. The van der Waals surface area contributed by atoms with E-state index in [1.54, 1.807) is 12.1 Å². The number of nitrogens with zero attached hydrogens (tertiary/aromatic N) is 1. The van der Waals surface area contributed by atoms with E-state index in [4.69, 9.17) is 25.8 Å². The molecule has 0 fully saturated rings. The number of hydrogen-bond acceptors (Lipinski definition) is 7.